The largest absolute Gasteiger partial charge is 0.353 e. The van der Waals surface area contributed by atoms with Crippen molar-refractivity contribution in [3.8, 4) is 0 Å². The minimum atomic E-state index is -0.862. The van der Waals surface area contributed by atoms with Gasteiger partial charge in [0.25, 0.3) is 11.8 Å². The Bertz CT molecular complexity index is 993. The molecule has 2 aliphatic heterocycles. The predicted molar refractivity (Wildman–Crippen MR) is 119 cm³/mol. The Kier molecular flexibility index (Phi) is 6.35. The molecular weight excluding hydrogens is 406 g/mol. The summed E-state index contributed by atoms with van der Waals surface area (Å²) < 4.78 is 0. The topological polar surface area (TPSA) is 86.8 Å². The number of rotatable bonds is 6. The zero-order valence-corrected chi connectivity index (χ0v) is 18.1. The molecule has 0 aliphatic carbocycles. The number of aryl methyl sites for hydroxylation is 1. The highest BCUT2D eigenvalue weighted by molar-refractivity contribution is 6.22. The van der Waals surface area contributed by atoms with Crippen LogP contribution in [-0.4, -0.2) is 58.6 Å². The number of likely N-dealkylation sites (tertiary alicyclic amines) is 1. The predicted octanol–water partition coefficient (Wildman–Crippen LogP) is 2.41. The van der Waals surface area contributed by atoms with Gasteiger partial charge in [0.15, 0.2) is 0 Å². The fourth-order valence-electron chi connectivity index (χ4n) is 4.38. The normalized spacial score (nSPS) is 17.3. The number of piperidine rings is 1. The van der Waals surface area contributed by atoms with Crippen LogP contribution in [0.4, 0.5) is 0 Å². The van der Waals surface area contributed by atoms with Crippen LogP contribution < -0.4 is 5.32 Å². The summed E-state index contributed by atoms with van der Waals surface area (Å²) in [6.07, 6.45) is 2.43. The van der Waals surface area contributed by atoms with Gasteiger partial charge in [-0.05, 0) is 43.9 Å². The second kappa shape index (κ2) is 9.34. The molecule has 166 valence electrons. The summed E-state index contributed by atoms with van der Waals surface area (Å²) in [5, 5.41) is 3.06. The lowest BCUT2D eigenvalue weighted by molar-refractivity contribution is -0.136. The molecule has 4 rings (SSSR count). The van der Waals surface area contributed by atoms with Crippen LogP contribution >= 0.6 is 0 Å². The van der Waals surface area contributed by atoms with E-state index >= 15 is 0 Å². The van der Waals surface area contributed by atoms with Crippen molar-refractivity contribution in [3.05, 3.63) is 71.3 Å². The number of benzene rings is 2. The van der Waals surface area contributed by atoms with E-state index in [1.54, 1.807) is 36.1 Å². The maximum absolute atomic E-state index is 13.0. The molecule has 0 radical (unpaired) electrons. The lowest BCUT2D eigenvalue weighted by Gasteiger charge is -2.35. The van der Waals surface area contributed by atoms with E-state index in [1.165, 1.54) is 0 Å². The van der Waals surface area contributed by atoms with Crippen molar-refractivity contribution < 1.29 is 19.2 Å². The Morgan fingerprint density at radius 2 is 1.50 bits per heavy atom. The fraction of sp³-hybridized carbons (Fsp3) is 0.360. The highest BCUT2D eigenvalue weighted by atomic mass is 16.2. The lowest BCUT2D eigenvalue weighted by atomic mass is 10.0. The Morgan fingerprint density at radius 3 is 2.09 bits per heavy atom. The van der Waals surface area contributed by atoms with Crippen molar-refractivity contribution in [1.29, 1.82) is 0 Å². The first-order chi connectivity index (χ1) is 15.5. The van der Waals surface area contributed by atoms with Crippen molar-refractivity contribution in [3.63, 3.8) is 0 Å². The van der Waals surface area contributed by atoms with Crippen LogP contribution in [0.15, 0.2) is 54.6 Å². The van der Waals surface area contributed by atoms with E-state index in [0.717, 1.165) is 10.5 Å². The Morgan fingerprint density at radius 1 is 0.938 bits per heavy atom. The molecule has 2 aromatic rings. The third-order valence-electron chi connectivity index (χ3n) is 6.23. The van der Waals surface area contributed by atoms with Gasteiger partial charge in [-0.1, -0.05) is 42.5 Å². The van der Waals surface area contributed by atoms with Crippen molar-refractivity contribution in [2.75, 3.05) is 13.1 Å². The van der Waals surface area contributed by atoms with Gasteiger partial charge in [0.05, 0.1) is 11.1 Å². The van der Waals surface area contributed by atoms with E-state index < -0.39 is 17.9 Å². The number of imide groups is 1. The molecule has 2 aliphatic rings. The molecule has 0 aromatic heterocycles. The molecule has 2 heterocycles. The summed E-state index contributed by atoms with van der Waals surface area (Å²) in [5.74, 6) is -1.08. The van der Waals surface area contributed by atoms with E-state index in [9.17, 15) is 19.2 Å². The van der Waals surface area contributed by atoms with Gasteiger partial charge in [-0.3, -0.25) is 24.1 Å². The fourth-order valence-corrected chi connectivity index (χ4v) is 4.38. The monoisotopic (exact) mass is 433 g/mol. The van der Waals surface area contributed by atoms with Crippen LogP contribution in [0, 0.1) is 0 Å². The third-order valence-corrected chi connectivity index (χ3v) is 6.23. The smallest absolute Gasteiger partial charge is 0.262 e. The van der Waals surface area contributed by atoms with Crippen molar-refractivity contribution in [2.24, 2.45) is 0 Å². The van der Waals surface area contributed by atoms with Crippen LogP contribution in [0.1, 0.15) is 52.5 Å². The van der Waals surface area contributed by atoms with E-state index in [1.807, 2.05) is 30.3 Å². The van der Waals surface area contributed by atoms with E-state index in [0.29, 0.717) is 49.9 Å². The lowest BCUT2D eigenvalue weighted by Crippen LogP contribution is -2.53. The molecule has 0 bridgehead atoms. The highest BCUT2D eigenvalue weighted by Crippen LogP contribution is 2.25. The minimum absolute atomic E-state index is 0.0121. The van der Waals surface area contributed by atoms with Gasteiger partial charge >= 0.3 is 0 Å². The third kappa shape index (κ3) is 4.42. The number of fused-ring (bicyclic) bond motifs is 1. The molecule has 32 heavy (non-hydrogen) atoms. The summed E-state index contributed by atoms with van der Waals surface area (Å²) >= 11 is 0. The highest BCUT2D eigenvalue weighted by Gasteiger charge is 2.42. The minimum Gasteiger partial charge on any atom is -0.353 e. The number of carbonyl (C=O) groups is 4. The number of hydrogen-bond acceptors (Lipinski definition) is 4. The molecule has 0 saturated carbocycles. The van der Waals surface area contributed by atoms with E-state index in [4.69, 9.17) is 0 Å². The zero-order valence-electron chi connectivity index (χ0n) is 18.1. The summed E-state index contributed by atoms with van der Waals surface area (Å²) in [7, 11) is 0. The first-order valence-electron chi connectivity index (χ1n) is 11.0. The molecular formula is C25H27N3O4. The standard InChI is InChI=1S/C25H27N3O4/c1-17(28-24(31)20-9-5-6-10-21(20)25(28)32)23(30)27-15-13-19(14-16-27)26-22(29)12-11-18-7-3-2-4-8-18/h2-10,17,19H,11-16H2,1H3,(H,26,29). The van der Waals surface area contributed by atoms with Crippen molar-refractivity contribution >= 4 is 23.6 Å². The molecule has 1 unspecified atom stereocenters. The van der Waals surface area contributed by atoms with Gasteiger partial charge in [0, 0.05) is 25.6 Å². The van der Waals surface area contributed by atoms with Gasteiger partial charge < -0.3 is 10.2 Å². The summed E-state index contributed by atoms with van der Waals surface area (Å²) in [6, 6.07) is 15.7. The number of carbonyl (C=O) groups excluding carboxylic acids is 4. The van der Waals surface area contributed by atoms with Crippen LogP contribution in [0.5, 0.6) is 0 Å². The molecule has 7 nitrogen and oxygen atoms in total. The van der Waals surface area contributed by atoms with Crippen LogP contribution in [-0.2, 0) is 16.0 Å². The summed E-state index contributed by atoms with van der Waals surface area (Å²) in [6.45, 7) is 2.56. The molecule has 1 fully saturated rings. The second-order valence-electron chi connectivity index (χ2n) is 8.35. The average Bonchev–Trinajstić information content (AvgIpc) is 3.08. The molecule has 1 atom stereocenters. The second-order valence-corrected chi connectivity index (χ2v) is 8.35. The Balaban J connectivity index is 1.27. The Labute approximate surface area is 187 Å². The average molecular weight is 434 g/mol. The van der Waals surface area contributed by atoms with Gasteiger partial charge in [0.1, 0.15) is 6.04 Å². The number of nitrogens with zero attached hydrogens (tertiary/aromatic N) is 2. The maximum Gasteiger partial charge on any atom is 0.262 e. The number of hydrogen-bond donors (Lipinski definition) is 1. The van der Waals surface area contributed by atoms with Crippen LogP contribution in [0.3, 0.4) is 0 Å². The number of amides is 4. The summed E-state index contributed by atoms with van der Waals surface area (Å²) in [4.78, 5) is 53.4. The zero-order chi connectivity index (χ0) is 22.7. The van der Waals surface area contributed by atoms with Gasteiger partial charge in [-0.2, -0.15) is 0 Å². The molecule has 1 N–H and O–H groups in total. The van der Waals surface area contributed by atoms with Gasteiger partial charge in [-0.25, -0.2) is 0 Å². The van der Waals surface area contributed by atoms with Crippen LogP contribution in [0.2, 0.25) is 0 Å². The molecule has 2 aromatic carbocycles. The molecule has 1 saturated heterocycles. The summed E-state index contributed by atoms with van der Waals surface area (Å²) in [5.41, 5.74) is 1.81. The molecule has 0 spiro atoms. The molecule has 4 amide bonds. The van der Waals surface area contributed by atoms with E-state index in [-0.39, 0.29) is 17.9 Å². The first kappa shape index (κ1) is 21.7. The molecule has 7 heteroatoms. The van der Waals surface area contributed by atoms with Gasteiger partial charge in [-0.15, -0.1) is 0 Å². The van der Waals surface area contributed by atoms with Crippen molar-refractivity contribution in [1.82, 2.24) is 15.1 Å². The van der Waals surface area contributed by atoms with Crippen LogP contribution in [0.25, 0.3) is 0 Å². The van der Waals surface area contributed by atoms with E-state index in [2.05, 4.69) is 5.32 Å². The van der Waals surface area contributed by atoms with Crippen molar-refractivity contribution in [2.45, 2.75) is 44.7 Å². The Hall–Kier alpha value is -3.48. The number of nitrogens with one attached hydrogen (secondary N) is 1. The maximum atomic E-state index is 13.0. The SMILES string of the molecule is CC(C(=O)N1CCC(NC(=O)CCc2ccccc2)CC1)N1C(=O)c2ccccc2C1=O. The first-order valence-corrected chi connectivity index (χ1v) is 11.0. The van der Waals surface area contributed by atoms with Gasteiger partial charge in [0.2, 0.25) is 11.8 Å². The quantitative estimate of drug-likeness (QED) is 0.709.